The summed E-state index contributed by atoms with van der Waals surface area (Å²) >= 11 is 0. The molecule has 0 saturated carbocycles. The van der Waals surface area contributed by atoms with Gasteiger partial charge in [0, 0.05) is 19.3 Å². The number of carbonyl (C=O) groups excluding carboxylic acids is 1. The first-order chi connectivity index (χ1) is 15.9. The van der Waals surface area contributed by atoms with Crippen molar-refractivity contribution < 1.29 is 13.9 Å². The molecule has 0 bridgehead atoms. The van der Waals surface area contributed by atoms with Crippen molar-refractivity contribution in [3.8, 4) is 5.75 Å². The number of ether oxygens (including phenoxy) is 1. The zero-order chi connectivity index (χ0) is 23.4. The van der Waals surface area contributed by atoms with Crippen LogP contribution in [0.4, 0.5) is 10.2 Å². The first-order valence-corrected chi connectivity index (χ1v) is 10.3. The maximum absolute atomic E-state index is 13.4. The Labute approximate surface area is 190 Å². The van der Waals surface area contributed by atoms with Gasteiger partial charge in [-0.3, -0.25) is 19.0 Å². The molecule has 4 aromatic rings. The monoisotopic (exact) mass is 446 g/mol. The second kappa shape index (κ2) is 9.52. The number of methoxy groups -OCH3 is 1. The number of pyridine rings is 1. The van der Waals surface area contributed by atoms with Crippen LogP contribution >= 0.6 is 0 Å². The maximum Gasteiger partial charge on any atom is 0.275 e. The van der Waals surface area contributed by atoms with E-state index in [-0.39, 0.29) is 17.1 Å². The van der Waals surface area contributed by atoms with Crippen molar-refractivity contribution in [2.24, 2.45) is 7.05 Å². The summed E-state index contributed by atoms with van der Waals surface area (Å²) in [6.07, 6.45) is 2.16. The van der Waals surface area contributed by atoms with Crippen molar-refractivity contribution in [1.29, 1.82) is 0 Å². The van der Waals surface area contributed by atoms with Crippen LogP contribution in [0.15, 0.2) is 77.7 Å². The predicted octanol–water partition coefficient (Wildman–Crippen LogP) is 3.62. The summed E-state index contributed by atoms with van der Waals surface area (Å²) in [4.78, 5) is 29.5. The van der Waals surface area contributed by atoms with Gasteiger partial charge in [0.2, 0.25) is 0 Å². The second-order valence-corrected chi connectivity index (χ2v) is 7.61. The van der Waals surface area contributed by atoms with Crippen molar-refractivity contribution in [1.82, 2.24) is 14.3 Å². The van der Waals surface area contributed by atoms with E-state index in [1.807, 2.05) is 36.4 Å². The highest BCUT2D eigenvalue weighted by Gasteiger charge is 2.17. The van der Waals surface area contributed by atoms with Crippen LogP contribution in [0.2, 0.25) is 0 Å². The molecule has 0 radical (unpaired) electrons. The Morgan fingerprint density at radius 3 is 2.45 bits per heavy atom. The minimum absolute atomic E-state index is 0.226. The molecule has 8 heteroatoms. The van der Waals surface area contributed by atoms with Gasteiger partial charge in [0.25, 0.3) is 11.5 Å². The predicted molar refractivity (Wildman–Crippen MR) is 123 cm³/mol. The average Bonchev–Trinajstić information content (AvgIpc) is 3.09. The molecule has 1 amide bonds. The van der Waals surface area contributed by atoms with Crippen LogP contribution < -0.4 is 15.6 Å². The van der Waals surface area contributed by atoms with Gasteiger partial charge >= 0.3 is 0 Å². The van der Waals surface area contributed by atoms with Gasteiger partial charge in [0.1, 0.15) is 23.1 Å². The Kier molecular flexibility index (Phi) is 6.35. The summed E-state index contributed by atoms with van der Waals surface area (Å²) in [6, 6.07) is 18.6. The fraction of sp³-hybridized carbons (Fsp3) is 0.160. The fourth-order valence-corrected chi connectivity index (χ4v) is 3.51. The number of hydrogen-bond acceptors (Lipinski definition) is 4. The van der Waals surface area contributed by atoms with Gasteiger partial charge in [-0.25, -0.2) is 9.37 Å². The standard InChI is InChI=1S/C25H23FN4O3/c1-29-24(31)14-22(30(29)16-17-6-9-21(33-2)10-7-17)25(32)28-23-11-8-19(15-27-23)12-18-4-3-5-20(26)13-18/h3-11,13-15H,12,16H2,1-2H3,(H,27,28,32). The number of halogens is 1. The molecule has 33 heavy (non-hydrogen) atoms. The number of amides is 1. The molecule has 168 valence electrons. The number of aromatic nitrogens is 3. The molecule has 0 spiro atoms. The summed E-state index contributed by atoms with van der Waals surface area (Å²) in [5.41, 5.74) is 2.57. The van der Waals surface area contributed by atoms with E-state index < -0.39 is 5.91 Å². The topological polar surface area (TPSA) is 78.2 Å². The second-order valence-electron chi connectivity index (χ2n) is 7.61. The van der Waals surface area contributed by atoms with Gasteiger partial charge in [-0.15, -0.1) is 0 Å². The largest absolute Gasteiger partial charge is 0.497 e. The number of anilines is 1. The molecule has 0 saturated heterocycles. The third kappa shape index (κ3) is 5.17. The molecule has 4 rings (SSSR count). The Bertz CT molecular complexity index is 1330. The van der Waals surface area contributed by atoms with Crippen LogP contribution in [0.25, 0.3) is 0 Å². The summed E-state index contributed by atoms with van der Waals surface area (Å²) in [6.45, 7) is 0.339. The van der Waals surface area contributed by atoms with Crippen LogP contribution in [0, 0.1) is 5.82 Å². The van der Waals surface area contributed by atoms with Gasteiger partial charge in [-0.1, -0.05) is 30.3 Å². The van der Waals surface area contributed by atoms with E-state index in [1.165, 1.54) is 22.9 Å². The van der Waals surface area contributed by atoms with Gasteiger partial charge in [-0.2, -0.15) is 0 Å². The van der Waals surface area contributed by atoms with E-state index in [9.17, 15) is 14.0 Å². The van der Waals surface area contributed by atoms with Crippen LogP contribution in [0.3, 0.4) is 0 Å². The first kappa shape index (κ1) is 22.0. The van der Waals surface area contributed by atoms with Crippen LogP contribution in [-0.2, 0) is 20.0 Å². The lowest BCUT2D eigenvalue weighted by Gasteiger charge is -2.13. The molecule has 0 aliphatic carbocycles. The SMILES string of the molecule is COc1ccc(Cn2c(C(=O)Nc3ccc(Cc4cccc(F)c4)cn3)cc(=O)n2C)cc1. The molecule has 2 aromatic heterocycles. The van der Waals surface area contributed by atoms with E-state index in [4.69, 9.17) is 4.74 Å². The molecule has 0 fully saturated rings. The van der Waals surface area contributed by atoms with E-state index in [1.54, 1.807) is 37.2 Å². The van der Waals surface area contributed by atoms with Gasteiger partial charge in [0.05, 0.1) is 13.7 Å². The lowest BCUT2D eigenvalue weighted by atomic mass is 10.1. The zero-order valence-corrected chi connectivity index (χ0v) is 18.3. The van der Waals surface area contributed by atoms with Crippen molar-refractivity contribution >= 4 is 11.7 Å². The first-order valence-electron chi connectivity index (χ1n) is 10.3. The van der Waals surface area contributed by atoms with Crippen molar-refractivity contribution in [3.63, 3.8) is 0 Å². The van der Waals surface area contributed by atoms with E-state index in [0.717, 1.165) is 22.4 Å². The van der Waals surface area contributed by atoms with E-state index in [2.05, 4.69) is 10.3 Å². The molecule has 0 atom stereocenters. The summed E-state index contributed by atoms with van der Waals surface area (Å²) < 4.78 is 21.6. The molecule has 7 nitrogen and oxygen atoms in total. The van der Waals surface area contributed by atoms with Gasteiger partial charge < -0.3 is 10.1 Å². The van der Waals surface area contributed by atoms with Crippen LogP contribution in [-0.4, -0.2) is 27.4 Å². The fourth-order valence-electron chi connectivity index (χ4n) is 3.51. The average molecular weight is 446 g/mol. The molecule has 2 aromatic carbocycles. The number of benzene rings is 2. The molecular weight excluding hydrogens is 423 g/mol. The maximum atomic E-state index is 13.4. The third-order valence-electron chi connectivity index (χ3n) is 5.31. The van der Waals surface area contributed by atoms with Gasteiger partial charge in [-0.05, 0) is 53.4 Å². The number of nitrogens with zero attached hydrogens (tertiary/aromatic N) is 3. The molecule has 0 aliphatic heterocycles. The molecule has 0 unspecified atom stereocenters. The van der Waals surface area contributed by atoms with Crippen LogP contribution in [0.5, 0.6) is 5.75 Å². The minimum Gasteiger partial charge on any atom is -0.497 e. The normalized spacial score (nSPS) is 10.8. The summed E-state index contributed by atoms with van der Waals surface area (Å²) in [7, 11) is 3.21. The highest BCUT2D eigenvalue weighted by molar-refractivity contribution is 6.02. The smallest absolute Gasteiger partial charge is 0.275 e. The zero-order valence-electron chi connectivity index (χ0n) is 18.3. The molecule has 0 aliphatic rings. The molecule has 1 N–H and O–H groups in total. The quantitative estimate of drug-likeness (QED) is 0.470. The molecular formula is C25H23FN4O3. The third-order valence-corrected chi connectivity index (χ3v) is 5.31. The highest BCUT2D eigenvalue weighted by Crippen LogP contribution is 2.15. The Balaban J connectivity index is 1.49. The summed E-state index contributed by atoms with van der Waals surface area (Å²) in [5, 5.41) is 2.74. The van der Waals surface area contributed by atoms with E-state index in [0.29, 0.717) is 18.8 Å². The minimum atomic E-state index is -0.438. The van der Waals surface area contributed by atoms with E-state index >= 15 is 0 Å². The summed E-state index contributed by atoms with van der Waals surface area (Å²) in [5.74, 6) is 0.361. The van der Waals surface area contributed by atoms with Crippen LogP contribution in [0.1, 0.15) is 27.2 Å². The van der Waals surface area contributed by atoms with Crippen molar-refractivity contribution in [2.75, 3.05) is 12.4 Å². The number of nitrogens with one attached hydrogen (secondary N) is 1. The van der Waals surface area contributed by atoms with Gasteiger partial charge in [0.15, 0.2) is 0 Å². The Hall–Kier alpha value is -4.20. The number of rotatable bonds is 7. The Morgan fingerprint density at radius 1 is 1.03 bits per heavy atom. The number of hydrogen-bond donors (Lipinski definition) is 1. The lowest BCUT2D eigenvalue weighted by molar-refractivity contribution is 0.101. The van der Waals surface area contributed by atoms with Crippen molar-refractivity contribution in [2.45, 2.75) is 13.0 Å². The molecule has 2 heterocycles. The Morgan fingerprint density at radius 2 is 1.79 bits per heavy atom. The highest BCUT2D eigenvalue weighted by atomic mass is 19.1. The van der Waals surface area contributed by atoms with Crippen molar-refractivity contribution in [3.05, 3.63) is 111 Å². The number of carbonyl (C=O) groups is 1. The lowest BCUT2D eigenvalue weighted by Crippen LogP contribution is -2.23.